The van der Waals surface area contributed by atoms with Crippen molar-refractivity contribution in [3.8, 4) is 11.3 Å². The molecule has 0 saturated heterocycles. The molecule has 3 heterocycles. The Labute approximate surface area is 169 Å². The van der Waals surface area contributed by atoms with Crippen LogP contribution in [-0.2, 0) is 4.74 Å². The average Bonchev–Trinajstić information content (AvgIpc) is 3.33. The van der Waals surface area contributed by atoms with E-state index < -0.39 is 5.97 Å². The summed E-state index contributed by atoms with van der Waals surface area (Å²) in [6.07, 6.45) is 3.52. The number of nitrogens with zero attached hydrogens (tertiary/aromatic N) is 4. The number of hydrogen-bond acceptors (Lipinski definition) is 5. The summed E-state index contributed by atoms with van der Waals surface area (Å²) in [5.74, 6) is 0.979. The molecule has 7 nitrogen and oxygen atoms in total. The number of aromatic nitrogens is 4. The van der Waals surface area contributed by atoms with Gasteiger partial charge in [-0.15, -0.1) is 0 Å². The summed E-state index contributed by atoms with van der Waals surface area (Å²) in [6, 6.07) is 12.3. The van der Waals surface area contributed by atoms with Gasteiger partial charge in [-0.25, -0.2) is 9.78 Å². The third-order valence-corrected chi connectivity index (χ3v) is 4.83. The van der Waals surface area contributed by atoms with Gasteiger partial charge in [-0.1, -0.05) is 35.9 Å². The van der Waals surface area contributed by atoms with E-state index in [4.69, 9.17) is 9.72 Å². The average molecular weight is 389 g/mol. The molecule has 0 unspecified atom stereocenters. The molecule has 4 rings (SSSR count). The first kappa shape index (κ1) is 18.7. The van der Waals surface area contributed by atoms with E-state index in [1.165, 1.54) is 11.8 Å². The highest BCUT2D eigenvalue weighted by atomic mass is 16.5. The van der Waals surface area contributed by atoms with E-state index in [1.807, 2.05) is 41.6 Å². The second-order valence-electron chi connectivity index (χ2n) is 7.00. The fraction of sp³-hybridized carbons (Fsp3) is 0.227. The molecule has 7 heteroatoms. The maximum atomic E-state index is 12.4. The standard InChI is InChI=1S/C22H23N5O2/c1-5-29-22(28)17-12-23-25-20(17)26(4)21-19(16-9-6-14(2)7-10-16)24-18-11-8-15(3)13-27(18)21/h6-13H,5H2,1-4H3,(H,23,25). The number of fused-ring (bicyclic) bond motifs is 1. The smallest absolute Gasteiger partial charge is 0.343 e. The minimum Gasteiger partial charge on any atom is -0.462 e. The van der Waals surface area contributed by atoms with E-state index in [-0.39, 0.29) is 0 Å². The zero-order valence-corrected chi connectivity index (χ0v) is 16.9. The summed E-state index contributed by atoms with van der Waals surface area (Å²) < 4.78 is 7.21. The van der Waals surface area contributed by atoms with Gasteiger partial charge in [0.2, 0.25) is 0 Å². The Bertz CT molecular complexity index is 1170. The van der Waals surface area contributed by atoms with Gasteiger partial charge in [0.05, 0.1) is 12.8 Å². The largest absolute Gasteiger partial charge is 0.462 e. The van der Waals surface area contributed by atoms with Crippen LogP contribution in [0.1, 0.15) is 28.4 Å². The monoisotopic (exact) mass is 389 g/mol. The van der Waals surface area contributed by atoms with Crippen molar-refractivity contribution in [3.05, 3.63) is 65.5 Å². The third kappa shape index (κ3) is 3.35. The normalized spacial score (nSPS) is 11.0. The Morgan fingerprint density at radius 1 is 1.14 bits per heavy atom. The van der Waals surface area contributed by atoms with Crippen LogP contribution in [0.3, 0.4) is 0 Å². The SMILES string of the molecule is CCOC(=O)c1cn[nH]c1N(C)c1c(-c2ccc(C)cc2)nc2ccc(C)cn12. The van der Waals surface area contributed by atoms with Gasteiger partial charge in [0.25, 0.3) is 0 Å². The minimum atomic E-state index is -0.412. The molecule has 29 heavy (non-hydrogen) atoms. The molecule has 0 aliphatic carbocycles. The van der Waals surface area contributed by atoms with E-state index in [0.717, 1.165) is 28.3 Å². The number of esters is 1. The van der Waals surface area contributed by atoms with Crippen LogP contribution < -0.4 is 4.90 Å². The molecule has 1 N–H and O–H groups in total. The molecule has 0 aliphatic heterocycles. The fourth-order valence-electron chi connectivity index (χ4n) is 3.36. The van der Waals surface area contributed by atoms with Crippen LogP contribution in [0, 0.1) is 13.8 Å². The number of aryl methyl sites for hydroxylation is 2. The van der Waals surface area contributed by atoms with Crippen LogP contribution in [-0.4, -0.2) is 39.2 Å². The Morgan fingerprint density at radius 2 is 1.86 bits per heavy atom. The number of pyridine rings is 1. The highest BCUT2D eigenvalue weighted by molar-refractivity contribution is 5.96. The van der Waals surface area contributed by atoms with E-state index in [0.29, 0.717) is 18.0 Å². The predicted octanol–water partition coefficient (Wildman–Crippen LogP) is 4.29. The molecule has 0 radical (unpaired) electrons. The second-order valence-corrected chi connectivity index (χ2v) is 7.00. The van der Waals surface area contributed by atoms with Gasteiger partial charge in [-0.2, -0.15) is 5.10 Å². The summed E-state index contributed by atoms with van der Waals surface area (Å²) in [5, 5.41) is 7.01. The van der Waals surface area contributed by atoms with Crippen LogP contribution >= 0.6 is 0 Å². The molecule has 0 amide bonds. The maximum Gasteiger partial charge on any atom is 0.343 e. The van der Waals surface area contributed by atoms with Crippen LogP contribution in [0.2, 0.25) is 0 Å². The number of benzene rings is 1. The number of H-pyrrole nitrogens is 1. The number of anilines is 2. The topological polar surface area (TPSA) is 75.5 Å². The Kier molecular flexibility index (Phi) is 4.80. The molecule has 148 valence electrons. The van der Waals surface area contributed by atoms with Crippen molar-refractivity contribution >= 4 is 23.3 Å². The molecular weight excluding hydrogens is 366 g/mol. The van der Waals surface area contributed by atoms with Gasteiger partial charge in [0.15, 0.2) is 0 Å². The Morgan fingerprint density at radius 3 is 2.59 bits per heavy atom. The quantitative estimate of drug-likeness (QED) is 0.516. The van der Waals surface area contributed by atoms with Crippen molar-refractivity contribution in [2.75, 3.05) is 18.6 Å². The molecule has 0 aliphatic rings. The number of carbonyl (C=O) groups is 1. The molecule has 0 spiro atoms. The van der Waals surface area contributed by atoms with Gasteiger partial charge in [-0.05, 0) is 32.4 Å². The molecule has 0 saturated carbocycles. The summed E-state index contributed by atoms with van der Waals surface area (Å²) in [6.45, 7) is 6.18. The van der Waals surface area contributed by atoms with Crippen molar-refractivity contribution in [3.63, 3.8) is 0 Å². The van der Waals surface area contributed by atoms with Gasteiger partial charge in [0.1, 0.15) is 28.5 Å². The number of aromatic amines is 1. The number of nitrogens with one attached hydrogen (secondary N) is 1. The maximum absolute atomic E-state index is 12.4. The number of imidazole rings is 1. The van der Waals surface area contributed by atoms with Crippen molar-refractivity contribution in [1.82, 2.24) is 19.6 Å². The van der Waals surface area contributed by atoms with E-state index >= 15 is 0 Å². The van der Waals surface area contributed by atoms with E-state index in [9.17, 15) is 4.79 Å². The van der Waals surface area contributed by atoms with Crippen molar-refractivity contribution in [1.29, 1.82) is 0 Å². The zero-order chi connectivity index (χ0) is 20.5. The molecule has 4 aromatic rings. The second kappa shape index (κ2) is 7.43. The summed E-state index contributed by atoms with van der Waals surface area (Å²) in [5.41, 5.74) is 5.31. The lowest BCUT2D eigenvalue weighted by Gasteiger charge is -2.20. The van der Waals surface area contributed by atoms with Gasteiger partial charge < -0.3 is 9.64 Å². The first-order valence-electron chi connectivity index (χ1n) is 9.49. The number of carbonyl (C=O) groups excluding carboxylic acids is 1. The van der Waals surface area contributed by atoms with Gasteiger partial charge >= 0.3 is 5.97 Å². The highest BCUT2D eigenvalue weighted by Crippen LogP contribution is 2.35. The molecule has 3 aromatic heterocycles. The first-order valence-corrected chi connectivity index (χ1v) is 9.49. The van der Waals surface area contributed by atoms with Crippen LogP contribution in [0.4, 0.5) is 11.6 Å². The Balaban J connectivity index is 1.91. The third-order valence-electron chi connectivity index (χ3n) is 4.83. The van der Waals surface area contributed by atoms with Crippen LogP contribution in [0.15, 0.2) is 48.8 Å². The van der Waals surface area contributed by atoms with Crippen molar-refractivity contribution in [2.24, 2.45) is 0 Å². The highest BCUT2D eigenvalue weighted by Gasteiger charge is 2.24. The predicted molar refractivity (Wildman–Crippen MR) is 113 cm³/mol. The summed E-state index contributed by atoms with van der Waals surface area (Å²) in [7, 11) is 1.89. The molecular formula is C22H23N5O2. The number of rotatable bonds is 5. The Hall–Kier alpha value is -3.61. The van der Waals surface area contributed by atoms with E-state index in [1.54, 1.807) is 6.92 Å². The minimum absolute atomic E-state index is 0.302. The first-order chi connectivity index (χ1) is 14.0. The van der Waals surface area contributed by atoms with Crippen LogP contribution in [0.5, 0.6) is 0 Å². The number of ether oxygens (including phenoxy) is 1. The summed E-state index contributed by atoms with van der Waals surface area (Å²) >= 11 is 0. The molecule has 0 fully saturated rings. The lowest BCUT2D eigenvalue weighted by molar-refractivity contribution is 0.0527. The molecule has 0 bridgehead atoms. The lowest BCUT2D eigenvalue weighted by atomic mass is 10.1. The summed E-state index contributed by atoms with van der Waals surface area (Å²) in [4.78, 5) is 19.1. The molecule has 1 aromatic carbocycles. The van der Waals surface area contributed by atoms with E-state index in [2.05, 4.69) is 41.4 Å². The molecule has 0 atom stereocenters. The number of hydrogen-bond donors (Lipinski definition) is 1. The van der Waals surface area contributed by atoms with Crippen LogP contribution in [0.25, 0.3) is 16.9 Å². The lowest BCUT2D eigenvalue weighted by Crippen LogP contribution is -2.17. The zero-order valence-electron chi connectivity index (χ0n) is 16.9. The van der Waals surface area contributed by atoms with Crippen molar-refractivity contribution < 1.29 is 9.53 Å². The fourth-order valence-corrected chi connectivity index (χ4v) is 3.36. The van der Waals surface area contributed by atoms with Gasteiger partial charge in [-0.3, -0.25) is 9.50 Å². The van der Waals surface area contributed by atoms with Gasteiger partial charge in [0, 0.05) is 18.8 Å². The van der Waals surface area contributed by atoms with Crippen molar-refractivity contribution in [2.45, 2.75) is 20.8 Å².